The Morgan fingerprint density at radius 3 is 2.57 bits per heavy atom. The van der Waals surface area contributed by atoms with E-state index in [2.05, 4.69) is 13.2 Å². The third kappa shape index (κ3) is 6.39. The Kier molecular flexibility index (Phi) is 5.83. The van der Waals surface area contributed by atoms with Crippen LogP contribution in [0.25, 0.3) is 0 Å². The number of carbonyl (C=O) groups excluding carboxylic acids is 1. The van der Waals surface area contributed by atoms with E-state index >= 15 is 0 Å². The van der Waals surface area contributed by atoms with E-state index in [1.807, 2.05) is 0 Å². The highest BCUT2D eigenvalue weighted by Gasteiger charge is 2.06. The molecule has 1 unspecified atom stereocenters. The quantitative estimate of drug-likeness (QED) is 0.449. The summed E-state index contributed by atoms with van der Waals surface area (Å²) in [6, 6.07) is 0. The van der Waals surface area contributed by atoms with Crippen LogP contribution in [0.15, 0.2) is 24.3 Å². The van der Waals surface area contributed by atoms with Crippen molar-refractivity contribution in [1.29, 1.82) is 0 Å². The molecule has 0 bridgehead atoms. The molecule has 0 saturated heterocycles. The fourth-order valence-electron chi connectivity index (χ4n) is 0.796. The van der Waals surface area contributed by atoms with Crippen LogP contribution in [-0.4, -0.2) is 30.4 Å². The van der Waals surface area contributed by atoms with Crippen LogP contribution in [-0.2, 0) is 9.53 Å². The average molecular weight is 199 g/mol. The number of aliphatic carboxylic acids is 1. The van der Waals surface area contributed by atoms with E-state index in [0.717, 1.165) is 5.57 Å². The molecule has 1 atom stereocenters. The van der Waals surface area contributed by atoms with Crippen LogP contribution in [0.2, 0.25) is 0 Å². The van der Waals surface area contributed by atoms with E-state index < -0.39 is 12.1 Å². The molecule has 14 heavy (non-hydrogen) atoms. The minimum absolute atomic E-state index is 0.0431. The molecular weight excluding hydrogens is 184 g/mol. The Bertz CT molecular complexity index is 232. The number of hydrogen-bond donors (Lipinski definition) is 1. The molecule has 0 rings (SSSR count). The van der Waals surface area contributed by atoms with Crippen molar-refractivity contribution in [3.05, 3.63) is 24.3 Å². The summed E-state index contributed by atoms with van der Waals surface area (Å²) in [6.45, 7) is 9.08. The van der Waals surface area contributed by atoms with Crippen molar-refractivity contribution in [3.8, 4) is 0 Å². The molecule has 0 aliphatic rings. The van der Waals surface area contributed by atoms with Crippen LogP contribution in [0.1, 0.15) is 13.3 Å². The van der Waals surface area contributed by atoms with E-state index in [1.54, 1.807) is 6.92 Å². The number of carbonyl (C=O) groups is 1. The molecule has 0 aromatic rings. The molecule has 0 fully saturated rings. The summed E-state index contributed by atoms with van der Waals surface area (Å²) in [7, 11) is 0. The number of carboxylic acids is 1. The summed E-state index contributed by atoms with van der Waals surface area (Å²) in [6.07, 6.45) is -0.904. The molecule has 0 aliphatic heterocycles. The number of aliphatic hydroxyl groups is 1. The minimum Gasteiger partial charge on any atom is -0.545 e. The first-order valence-corrected chi connectivity index (χ1v) is 4.22. The summed E-state index contributed by atoms with van der Waals surface area (Å²) in [4.78, 5) is 10.2. The van der Waals surface area contributed by atoms with E-state index in [4.69, 9.17) is 4.74 Å². The lowest BCUT2D eigenvalue weighted by Gasteiger charge is -2.13. The van der Waals surface area contributed by atoms with E-state index in [1.165, 1.54) is 0 Å². The van der Waals surface area contributed by atoms with Crippen molar-refractivity contribution >= 4 is 5.97 Å². The predicted octanol–water partition coefficient (Wildman–Crippen LogP) is -0.364. The van der Waals surface area contributed by atoms with Gasteiger partial charge in [0, 0.05) is 6.42 Å². The second-order valence-corrected chi connectivity index (χ2v) is 3.22. The van der Waals surface area contributed by atoms with Crippen molar-refractivity contribution < 1.29 is 19.7 Å². The predicted molar refractivity (Wildman–Crippen MR) is 50.4 cm³/mol. The Morgan fingerprint density at radius 1 is 1.57 bits per heavy atom. The molecule has 80 valence electrons. The van der Waals surface area contributed by atoms with Crippen LogP contribution >= 0.6 is 0 Å². The number of aliphatic hydroxyl groups excluding tert-OH is 1. The summed E-state index contributed by atoms with van der Waals surface area (Å²) in [5.41, 5.74) is 0.715. The van der Waals surface area contributed by atoms with Gasteiger partial charge in [-0.2, -0.15) is 0 Å². The van der Waals surface area contributed by atoms with Gasteiger partial charge in [0.2, 0.25) is 0 Å². The monoisotopic (exact) mass is 199 g/mol. The van der Waals surface area contributed by atoms with Crippen LogP contribution in [0.4, 0.5) is 0 Å². The number of carboxylic acid groups (broad SMARTS) is 1. The number of hydrogen-bond acceptors (Lipinski definition) is 4. The van der Waals surface area contributed by atoms with Crippen molar-refractivity contribution in [2.24, 2.45) is 0 Å². The number of ether oxygens (including phenoxy) is 1. The second-order valence-electron chi connectivity index (χ2n) is 3.22. The van der Waals surface area contributed by atoms with Gasteiger partial charge in [-0.05, 0) is 12.5 Å². The van der Waals surface area contributed by atoms with E-state index in [-0.39, 0.29) is 18.6 Å². The molecule has 0 heterocycles. The first-order chi connectivity index (χ1) is 6.43. The molecule has 1 N–H and O–H groups in total. The molecule has 0 spiro atoms. The SMILES string of the molecule is C=C(C)COCC(O)CC(=C)C(=O)[O-]. The largest absolute Gasteiger partial charge is 0.545 e. The lowest BCUT2D eigenvalue weighted by Crippen LogP contribution is -2.27. The van der Waals surface area contributed by atoms with E-state index in [0.29, 0.717) is 6.61 Å². The van der Waals surface area contributed by atoms with Crippen molar-refractivity contribution in [1.82, 2.24) is 0 Å². The molecule has 4 nitrogen and oxygen atoms in total. The van der Waals surface area contributed by atoms with Gasteiger partial charge in [0.1, 0.15) is 0 Å². The van der Waals surface area contributed by atoms with Gasteiger partial charge in [-0.3, -0.25) is 0 Å². The highest BCUT2D eigenvalue weighted by Crippen LogP contribution is 2.03. The second kappa shape index (κ2) is 6.34. The Balaban J connectivity index is 3.65. The molecular formula is C10H15O4-. The van der Waals surface area contributed by atoms with Gasteiger partial charge in [-0.1, -0.05) is 18.7 Å². The molecule has 0 aromatic carbocycles. The highest BCUT2D eigenvalue weighted by atomic mass is 16.5. The lowest BCUT2D eigenvalue weighted by molar-refractivity contribution is -0.299. The van der Waals surface area contributed by atoms with Crippen LogP contribution in [0.3, 0.4) is 0 Å². The van der Waals surface area contributed by atoms with Gasteiger partial charge in [-0.25, -0.2) is 0 Å². The van der Waals surface area contributed by atoms with Crippen LogP contribution < -0.4 is 5.11 Å². The first-order valence-electron chi connectivity index (χ1n) is 4.22. The highest BCUT2D eigenvalue weighted by molar-refractivity contribution is 5.83. The topological polar surface area (TPSA) is 69.6 Å². The summed E-state index contributed by atoms with van der Waals surface area (Å²) < 4.78 is 5.03. The van der Waals surface area contributed by atoms with Crippen LogP contribution in [0, 0.1) is 0 Å². The maximum absolute atomic E-state index is 10.2. The molecule has 0 aromatic heterocycles. The average Bonchev–Trinajstić information content (AvgIpc) is 2.02. The Morgan fingerprint density at radius 2 is 2.14 bits per heavy atom. The Hall–Kier alpha value is -1.13. The fraction of sp³-hybridized carbons (Fsp3) is 0.500. The van der Waals surface area contributed by atoms with Gasteiger partial charge in [0.25, 0.3) is 0 Å². The van der Waals surface area contributed by atoms with Crippen LogP contribution in [0.5, 0.6) is 0 Å². The summed E-state index contributed by atoms with van der Waals surface area (Å²) >= 11 is 0. The Labute approximate surface area is 83.5 Å². The zero-order chi connectivity index (χ0) is 11.1. The summed E-state index contributed by atoms with van der Waals surface area (Å²) in [5.74, 6) is -1.34. The fourth-order valence-corrected chi connectivity index (χ4v) is 0.796. The standard InChI is InChI=1S/C10H16O4/c1-7(2)5-14-6-9(11)4-8(3)10(12)13/h9,11H,1,3-6H2,2H3,(H,12,13)/p-1. The van der Waals surface area contributed by atoms with Crippen molar-refractivity contribution in [2.75, 3.05) is 13.2 Å². The molecule has 0 amide bonds. The lowest BCUT2D eigenvalue weighted by atomic mass is 10.1. The van der Waals surface area contributed by atoms with Gasteiger partial charge >= 0.3 is 0 Å². The molecule has 0 saturated carbocycles. The zero-order valence-corrected chi connectivity index (χ0v) is 8.28. The maximum atomic E-state index is 10.2. The van der Waals surface area contributed by atoms with Crippen molar-refractivity contribution in [3.63, 3.8) is 0 Å². The van der Waals surface area contributed by atoms with Crippen molar-refractivity contribution in [2.45, 2.75) is 19.4 Å². The molecule has 0 radical (unpaired) electrons. The molecule has 0 aliphatic carbocycles. The third-order valence-electron chi connectivity index (χ3n) is 1.43. The maximum Gasteiger partial charge on any atom is 0.0814 e. The normalized spacial score (nSPS) is 12.1. The zero-order valence-electron chi connectivity index (χ0n) is 8.28. The van der Waals surface area contributed by atoms with Gasteiger partial charge < -0.3 is 19.7 Å². The minimum atomic E-state index is -1.34. The van der Waals surface area contributed by atoms with Gasteiger partial charge in [-0.15, -0.1) is 0 Å². The van der Waals surface area contributed by atoms with Gasteiger partial charge in [0.15, 0.2) is 0 Å². The smallest absolute Gasteiger partial charge is 0.0814 e. The third-order valence-corrected chi connectivity index (χ3v) is 1.43. The van der Waals surface area contributed by atoms with Gasteiger partial charge in [0.05, 0.1) is 25.3 Å². The first kappa shape index (κ1) is 12.9. The van der Waals surface area contributed by atoms with E-state index in [9.17, 15) is 15.0 Å². The number of rotatable bonds is 7. The molecule has 4 heteroatoms. The summed E-state index contributed by atoms with van der Waals surface area (Å²) in [5, 5.41) is 19.5.